The van der Waals surface area contributed by atoms with Gasteiger partial charge in [0.05, 0.1) is 18.1 Å². The second-order valence-electron chi connectivity index (χ2n) is 5.75. The standard InChI is InChI=1S/C16H20F2O3/c1-15(17,18)12-10-11(6-7-13(12)21-2)16(14(19)20)8-4-3-5-9-16/h6-7,10H,3-5,8-9H2,1-2H3,(H,19,20). The van der Waals surface area contributed by atoms with Gasteiger partial charge in [0.2, 0.25) is 0 Å². The third-order valence-corrected chi connectivity index (χ3v) is 4.34. The van der Waals surface area contributed by atoms with Crippen LogP contribution in [0.1, 0.15) is 50.2 Å². The Morgan fingerprint density at radius 1 is 1.29 bits per heavy atom. The second-order valence-corrected chi connectivity index (χ2v) is 5.75. The molecule has 0 bridgehead atoms. The van der Waals surface area contributed by atoms with Gasteiger partial charge in [-0.05, 0) is 30.5 Å². The zero-order chi connectivity index (χ0) is 15.7. The molecule has 3 nitrogen and oxygen atoms in total. The van der Waals surface area contributed by atoms with Gasteiger partial charge in [0, 0.05) is 6.92 Å². The molecule has 1 N–H and O–H groups in total. The number of halogens is 2. The molecule has 1 aliphatic carbocycles. The lowest BCUT2D eigenvalue weighted by Crippen LogP contribution is -2.38. The fourth-order valence-electron chi connectivity index (χ4n) is 3.13. The summed E-state index contributed by atoms with van der Waals surface area (Å²) in [4.78, 5) is 11.8. The largest absolute Gasteiger partial charge is 0.496 e. The Morgan fingerprint density at radius 3 is 2.38 bits per heavy atom. The summed E-state index contributed by atoms with van der Waals surface area (Å²) in [6, 6.07) is 4.35. The number of rotatable bonds is 4. The Kier molecular flexibility index (Phi) is 4.21. The molecule has 1 aromatic carbocycles. The fourth-order valence-corrected chi connectivity index (χ4v) is 3.13. The van der Waals surface area contributed by atoms with Crippen molar-refractivity contribution in [3.05, 3.63) is 29.3 Å². The molecule has 116 valence electrons. The number of carboxylic acid groups (broad SMARTS) is 1. The van der Waals surface area contributed by atoms with Crippen molar-refractivity contribution in [1.29, 1.82) is 0 Å². The number of alkyl halides is 2. The molecule has 0 unspecified atom stereocenters. The van der Waals surface area contributed by atoms with Crippen LogP contribution in [0.5, 0.6) is 5.75 Å². The molecule has 1 fully saturated rings. The van der Waals surface area contributed by atoms with Crippen molar-refractivity contribution in [3.63, 3.8) is 0 Å². The molecule has 1 aromatic rings. The first-order chi connectivity index (χ1) is 9.81. The summed E-state index contributed by atoms with van der Waals surface area (Å²) in [7, 11) is 1.33. The molecule has 0 radical (unpaired) electrons. The topological polar surface area (TPSA) is 46.5 Å². The fraction of sp³-hybridized carbons (Fsp3) is 0.562. The smallest absolute Gasteiger partial charge is 0.314 e. The Bertz CT molecular complexity index is 529. The molecule has 21 heavy (non-hydrogen) atoms. The van der Waals surface area contributed by atoms with E-state index in [2.05, 4.69) is 0 Å². The number of methoxy groups -OCH3 is 1. The van der Waals surface area contributed by atoms with Gasteiger partial charge in [-0.2, -0.15) is 0 Å². The lowest BCUT2D eigenvalue weighted by atomic mass is 9.69. The summed E-state index contributed by atoms with van der Waals surface area (Å²) in [5.41, 5.74) is -0.856. The molecule has 0 amide bonds. The number of carboxylic acids is 1. The van der Waals surface area contributed by atoms with E-state index in [-0.39, 0.29) is 11.3 Å². The summed E-state index contributed by atoms with van der Waals surface area (Å²) in [6.07, 6.45) is 3.57. The van der Waals surface area contributed by atoms with Crippen LogP contribution >= 0.6 is 0 Å². The van der Waals surface area contributed by atoms with Crippen LogP contribution in [0.2, 0.25) is 0 Å². The van der Waals surface area contributed by atoms with Crippen molar-refractivity contribution in [2.75, 3.05) is 7.11 Å². The molecule has 1 aliphatic rings. The van der Waals surface area contributed by atoms with Crippen molar-refractivity contribution in [1.82, 2.24) is 0 Å². The van der Waals surface area contributed by atoms with E-state index in [9.17, 15) is 18.7 Å². The SMILES string of the molecule is COc1ccc(C2(C(=O)O)CCCCC2)cc1C(C)(F)F. The van der Waals surface area contributed by atoms with Gasteiger partial charge in [0.1, 0.15) is 5.75 Å². The first-order valence-corrected chi connectivity index (χ1v) is 7.11. The lowest BCUT2D eigenvalue weighted by molar-refractivity contribution is -0.145. The highest BCUT2D eigenvalue weighted by Crippen LogP contribution is 2.43. The van der Waals surface area contributed by atoms with Gasteiger partial charge in [-0.1, -0.05) is 25.3 Å². The average Bonchev–Trinajstić information content (AvgIpc) is 2.46. The highest BCUT2D eigenvalue weighted by molar-refractivity contribution is 5.81. The molecular weight excluding hydrogens is 278 g/mol. The molecule has 0 aromatic heterocycles. The molecular formula is C16H20F2O3. The van der Waals surface area contributed by atoms with Crippen LogP contribution in [-0.4, -0.2) is 18.2 Å². The first-order valence-electron chi connectivity index (χ1n) is 7.11. The molecule has 0 atom stereocenters. The first kappa shape index (κ1) is 15.7. The van der Waals surface area contributed by atoms with Crippen molar-refractivity contribution in [2.45, 2.75) is 50.4 Å². The highest BCUT2D eigenvalue weighted by Gasteiger charge is 2.42. The number of aliphatic carboxylic acids is 1. The predicted octanol–water partition coefficient (Wildman–Crippen LogP) is 4.09. The van der Waals surface area contributed by atoms with Crippen LogP contribution in [0, 0.1) is 0 Å². The predicted molar refractivity (Wildman–Crippen MR) is 75.0 cm³/mol. The van der Waals surface area contributed by atoms with Crippen LogP contribution < -0.4 is 4.74 Å². The number of benzene rings is 1. The van der Waals surface area contributed by atoms with E-state index >= 15 is 0 Å². The Hall–Kier alpha value is -1.65. The third-order valence-electron chi connectivity index (χ3n) is 4.34. The number of hydrogen-bond donors (Lipinski definition) is 1. The summed E-state index contributed by atoms with van der Waals surface area (Å²) >= 11 is 0. The van der Waals surface area contributed by atoms with Crippen molar-refractivity contribution >= 4 is 5.97 Å². The Balaban J connectivity index is 2.55. The van der Waals surface area contributed by atoms with E-state index in [4.69, 9.17) is 4.74 Å². The minimum Gasteiger partial charge on any atom is -0.496 e. The van der Waals surface area contributed by atoms with E-state index in [0.29, 0.717) is 18.4 Å². The maximum Gasteiger partial charge on any atom is 0.314 e. The van der Waals surface area contributed by atoms with Gasteiger partial charge in [0.15, 0.2) is 0 Å². The summed E-state index contributed by atoms with van der Waals surface area (Å²) < 4.78 is 32.5. The van der Waals surface area contributed by atoms with Gasteiger partial charge < -0.3 is 9.84 Å². The van der Waals surface area contributed by atoms with Crippen LogP contribution in [0.25, 0.3) is 0 Å². The molecule has 5 heteroatoms. The summed E-state index contributed by atoms with van der Waals surface area (Å²) in [6.45, 7) is 0.795. The van der Waals surface area contributed by atoms with Crippen LogP contribution in [0.15, 0.2) is 18.2 Å². The number of ether oxygens (including phenoxy) is 1. The van der Waals surface area contributed by atoms with Crippen LogP contribution in [0.4, 0.5) is 8.78 Å². The monoisotopic (exact) mass is 298 g/mol. The average molecular weight is 298 g/mol. The zero-order valence-electron chi connectivity index (χ0n) is 12.3. The maximum atomic E-state index is 13.7. The van der Waals surface area contributed by atoms with E-state index in [0.717, 1.165) is 26.2 Å². The van der Waals surface area contributed by atoms with Gasteiger partial charge in [-0.25, -0.2) is 8.78 Å². The van der Waals surface area contributed by atoms with E-state index in [1.54, 1.807) is 6.07 Å². The van der Waals surface area contributed by atoms with Gasteiger partial charge >= 0.3 is 5.97 Å². The van der Waals surface area contributed by atoms with Crippen LogP contribution in [0.3, 0.4) is 0 Å². The van der Waals surface area contributed by atoms with Crippen molar-refractivity contribution in [2.24, 2.45) is 0 Å². The lowest BCUT2D eigenvalue weighted by Gasteiger charge is -2.34. The minimum absolute atomic E-state index is 0.0857. The van der Waals surface area contributed by atoms with E-state index in [1.807, 2.05) is 0 Å². The van der Waals surface area contributed by atoms with Crippen molar-refractivity contribution in [3.8, 4) is 5.75 Å². The van der Waals surface area contributed by atoms with Crippen molar-refractivity contribution < 1.29 is 23.4 Å². The van der Waals surface area contributed by atoms with E-state index < -0.39 is 17.3 Å². The molecule has 0 spiro atoms. The highest BCUT2D eigenvalue weighted by atomic mass is 19.3. The molecule has 0 aliphatic heterocycles. The minimum atomic E-state index is -3.07. The molecule has 0 saturated heterocycles. The Morgan fingerprint density at radius 2 is 1.90 bits per heavy atom. The number of carbonyl (C=O) groups is 1. The van der Waals surface area contributed by atoms with E-state index in [1.165, 1.54) is 19.2 Å². The normalized spacial score (nSPS) is 18.3. The summed E-state index contributed by atoms with van der Waals surface area (Å²) in [5, 5.41) is 9.64. The molecule has 1 saturated carbocycles. The quantitative estimate of drug-likeness (QED) is 0.910. The van der Waals surface area contributed by atoms with Gasteiger partial charge in [0.25, 0.3) is 5.92 Å². The summed E-state index contributed by atoms with van der Waals surface area (Å²) in [5.74, 6) is -3.92. The number of hydrogen-bond acceptors (Lipinski definition) is 2. The van der Waals surface area contributed by atoms with Gasteiger partial charge in [-0.15, -0.1) is 0 Å². The molecule has 2 rings (SSSR count). The second kappa shape index (κ2) is 5.62. The Labute approximate surface area is 122 Å². The third kappa shape index (κ3) is 2.87. The van der Waals surface area contributed by atoms with Crippen LogP contribution in [-0.2, 0) is 16.1 Å². The van der Waals surface area contributed by atoms with Gasteiger partial charge in [-0.3, -0.25) is 4.79 Å². The zero-order valence-corrected chi connectivity index (χ0v) is 12.3. The molecule has 0 heterocycles. The maximum absolute atomic E-state index is 13.7.